The third-order valence-corrected chi connectivity index (χ3v) is 4.65. The van der Waals surface area contributed by atoms with Gasteiger partial charge >= 0.3 is 0 Å². The van der Waals surface area contributed by atoms with E-state index in [1.54, 1.807) is 12.1 Å². The van der Waals surface area contributed by atoms with Crippen molar-refractivity contribution in [2.45, 2.75) is 45.4 Å². The number of hydrogen-bond donors (Lipinski definition) is 1. The molecule has 0 saturated heterocycles. The van der Waals surface area contributed by atoms with E-state index < -0.39 is 0 Å². The first-order chi connectivity index (χ1) is 12.2. The van der Waals surface area contributed by atoms with Crippen LogP contribution in [0.3, 0.4) is 0 Å². The summed E-state index contributed by atoms with van der Waals surface area (Å²) in [6, 6.07) is 6.78. The highest BCUT2D eigenvalue weighted by atomic mass is 19.1. The van der Waals surface area contributed by atoms with Crippen LogP contribution in [0, 0.1) is 5.82 Å². The Hall–Kier alpha value is -2.54. The smallest absolute Gasteiger partial charge is 0.164 e. The van der Waals surface area contributed by atoms with E-state index in [0.29, 0.717) is 6.04 Å². The molecule has 0 saturated carbocycles. The van der Waals surface area contributed by atoms with Gasteiger partial charge in [0.25, 0.3) is 0 Å². The Kier molecular flexibility index (Phi) is 4.31. The third-order valence-electron chi connectivity index (χ3n) is 4.65. The first kappa shape index (κ1) is 16.0. The maximum absolute atomic E-state index is 13.2. The summed E-state index contributed by atoms with van der Waals surface area (Å²) in [6.45, 7) is 4.58. The second kappa shape index (κ2) is 6.76. The molecule has 25 heavy (non-hydrogen) atoms. The number of rotatable bonds is 5. The Morgan fingerprint density at radius 1 is 1.24 bits per heavy atom. The van der Waals surface area contributed by atoms with E-state index in [1.165, 1.54) is 17.7 Å². The Morgan fingerprint density at radius 3 is 2.84 bits per heavy atom. The minimum absolute atomic E-state index is 0.241. The van der Waals surface area contributed by atoms with Gasteiger partial charge in [0.2, 0.25) is 0 Å². The number of nitrogens with one attached hydrogen (secondary N) is 1. The third kappa shape index (κ3) is 3.32. The number of aromatic nitrogens is 5. The van der Waals surface area contributed by atoms with Gasteiger partial charge in [-0.3, -0.25) is 4.68 Å². The molecular formula is C18H21FN6. The summed E-state index contributed by atoms with van der Waals surface area (Å²) in [6.07, 6.45) is 5.90. The molecule has 1 N–H and O–H groups in total. The molecule has 0 spiro atoms. The van der Waals surface area contributed by atoms with Crippen molar-refractivity contribution in [3.8, 4) is 11.4 Å². The molecule has 0 fully saturated rings. The van der Waals surface area contributed by atoms with Crippen LogP contribution >= 0.6 is 0 Å². The fourth-order valence-electron chi connectivity index (χ4n) is 3.24. The molecule has 7 heteroatoms. The zero-order valence-corrected chi connectivity index (χ0v) is 14.2. The fourth-order valence-corrected chi connectivity index (χ4v) is 3.24. The van der Waals surface area contributed by atoms with E-state index in [-0.39, 0.29) is 5.82 Å². The number of aryl methyl sites for hydroxylation is 2. The van der Waals surface area contributed by atoms with Crippen LogP contribution < -0.4 is 5.32 Å². The van der Waals surface area contributed by atoms with Gasteiger partial charge in [-0.2, -0.15) is 5.10 Å². The number of benzene rings is 1. The lowest BCUT2D eigenvalue weighted by molar-refractivity contribution is 0.381. The molecule has 3 heterocycles. The van der Waals surface area contributed by atoms with E-state index in [9.17, 15) is 4.39 Å². The summed E-state index contributed by atoms with van der Waals surface area (Å²) < 4.78 is 17.2. The summed E-state index contributed by atoms with van der Waals surface area (Å²) in [5, 5.41) is 16.5. The molecule has 0 amide bonds. The largest absolute Gasteiger partial charge is 0.309 e. The van der Waals surface area contributed by atoms with Gasteiger partial charge in [0.15, 0.2) is 5.82 Å². The standard InChI is InChI=1S/C18H21FN6/c1-2-24-11-13(10-21-24)9-20-16-7-8-17-22-23-18(25(17)12-16)14-3-5-15(19)6-4-14/h3-6,10-11,16,20H,2,7-9,12H2,1H3/t16-/m1/s1. The fraction of sp³-hybridized carbons (Fsp3) is 0.389. The number of hydrogen-bond acceptors (Lipinski definition) is 4. The average Bonchev–Trinajstić information content (AvgIpc) is 3.27. The van der Waals surface area contributed by atoms with Crippen LogP contribution in [-0.2, 0) is 26.1 Å². The lowest BCUT2D eigenvalue weighted by Gasteiger charge is -2.25. The van der Waals surface area contributed by atoms with Gasteiger partial charge in [-0.15, -0.1) is 10.2 Å². The van der Waals surface area contributed by atoms with E-state index in [0.717, 1.165) is 49.7 Å². The van der Waals surface area contributed by atoms with Crippen molar-refractivity contribution in [2.24, 2.45) is 0 Å². The van der Waals surface area contributed by atoms with Crippen molar-refractivity contribution in [2.75, 3.05) is 0 Å². The zero-order valence-electron chi connectivity index (χ0n) is 14.2. The highest BCUT2D eigenvalue weighted by molar-refractivity contribution is 5.55. The van der Waals surface area contributed by atoms with E-state index >= 15 is 0 Å². The molecule has 0 radical (unpaired) electrons. The van der Waals surface area contributed by atoms with Gasteiger partial charge in [0.1, 0.15) is 11.6 Å². The second-order valence-corrected chi connectivity index (χ2v) is 6.38. The summed E-state index contributed by atoms with van der Waals surface area (Å²) in [4.78, 5) is 0. The van der Waals surface area contributed by atoms with E-state index in [2.05, 4.69) is 38.3 Å². The van der Waals surface area contributed by atoms with Crippen LogP contribution in [0.2, 0.25) is 0 Å². The SMILES string of the molecule is CCn1cc(CN[C@@H]2CCc3nnc(-c4ccc(F)cc4)n3C2)cn1. The Morgan fingerprint density at radius 2 is 2.08 bits per heavy atom. The molecule has 2 aromatic heterocycles. The van der Waals surface area contributed by atoms with E-state index in [1.807, 2.05) is 10.9 Å². The molecular weight excluding hydrogens is 319 g/mol. The van der Waals surface area contributed by atoms with Gasteiger partial charge in [0, 0.05) is 49.4 Å². The first-order valence-corrected chi connectivity index (χ1v) is 8.65. The van der Waals surface area contributed by atoms with Gasteiger partial charge in [-0.05, 0) is 37.6 Å². The summed E-state index contributed by atoms with van der Waals surface area (Å²) in [5.74, 6) is 1.56. The maximum atomic E-state index is 13.2. The van der Waals surface area contributed by atoms with Crippen molar-refractivity contribution in [3.63, 3.8) is 0 Å². The van der Waals surface area contributed by atoms with E-state index in [4.69, 9.17) is 0 Å². The molecule has 130 valence electrons. The normalized spacial score (nSPS) is 16.8. The summed E-state index contributed by atoms with van der Waals surface area (Å²) >= 11 is 0. The average molecular weight is 340 g/mol. The van der Waals surface area contributed by atoms with Crippen LogP contribution in [0.15, 0.2) is 36.7 Å². The predicted octanol–water partition coefficient (Wildman–Crippen LogP) is 2.41. The molecule has 1 aliphatic rings. The molecule has 0 aliphatic carbocycles. The summed E-state index contributed by atoms with van der Waals surface area (Å²) in [5.41, 5.74) is 2.08. The van der Waals surface area contributed by atoms with Gasteiger partial charge in [-0.25, -0.2) is 4.39 Å². The van der Waals surface area contributed by atoms with Crippen LogP contribution in [0.4, 0.5) is 4.39 Å². The Bertz CT molecular complexity index is 851. The maximum Gasteiger partial charge on any atom is 0.164 e. The van der Waals surface area contributed by atoms with Crippen molar-refractivity contribution in [1.29, 1.82) is 0 Å². The van der Waals surface area contributed by atoms with Crippen LogP contribution in [0.25, 0.3) is 11.4 Å². The van der Waals surface area contributed by atoms with Crippen LogP contribution in [0.5, 0.6) is 0 Å². The lowest BCUT2D eigenvalue weighted by Crippen LogP contribution is -2.37. The van der Waals surface area contributed by atoms with Crippen molar-refractivity contribution in [3.05, 3.63) is 53.9 Å². The lowest BCUT2D eigenvalue weighted by atomic mass is 10.1. The summed E-state index contributed by atoms with van der Waals surface area (Å²) in [7, 11) is 0. The molecule has 1 aliphatic heterocycles. The molecule has 6 nitrogen and oxygen atoms in total. The highest BCUT2D eigenvalue weighted by Gasteiger charge is 2.23. The number of fused-ring (bicyclic) bond motifs is 1. The van der Waals surface area contributed by atoms with Crippen LogP contribution in [-0.4, -0.2) is 30.6 Å². The minimum Gasteiger partial charge on any atom is -0.309 e. The molecule has 0 unspecified atom stereocenters. The Labute approximate surface area is 145 Å². The second-order valence-electron chi connectivity index (χ2n) is 6.38. The van der Waals surface area contributed by atoms with Gasteiger partial charge < -0.3 is 9.88 Å². The monoisotopic (exact) mass is 340 g/mol. The number of halogens is 1. The Balaban J connectivity index is 1.46. The molecule has 0 bridgehead atoms. The van der Waals surface area contributed by atoms with Crippen molar-refractivity contribution < 1.29 is 4.39 Å². The van der Waals surface area contributed by atoms with Crippen LogP contribution in [0.1, 0.15) is 24.7 Å². The highest BCUT2D eigenvalue weighted by Crippen LogP contribution is 2.23. The zero-order chi connectivity index (χ0) is 17.2. The van der Waals surface area contributed by atoms with Crippen molar-refractivity contribution >= 4 is 0 Å². The topological polar surface area (TPSA) is 60.6 Å². The predicted molar refractivity (Wildman–Crippen MR) is 92.3 cm³/mol. The molecule has 1 aromatic carbocycles. The van der Waals surface area contributed by atoms with Gasteiger partial charge in [0.05, 0.1) is 6.20 Å². The quantitative estimate of drug-likeness (QED) is 0.775. The first-order valence-electron chi connectivity index (χ1n) is 8.65. The number of nitrogens with zero attached hydrogens (tertiary/aromatic N) is 5. The minimum atomic E-state index is -0.241. The molecule has 3 aromatic rings. The molecule has 1 atom stereocenters. The van der Waals surface area contributed by atoms with Gasteiger partial charge in [-0.1, -0.05) is 0 Å². The molecule has 4 rings (SSSR count). The van der Waals surface area contributed by atoms with Crippen molar-refractivity contribution in [1.82, 2.24) is 29.9 Å².